The molecule has 0 atom stereocenters. The fraction of sp³-hybridized carbons (Fsp3) is 0.375. The number of hydrogen-bond donors (Lipinski definition) is 2. The van der Waals surface area contributed by atoms with Crippen molar-refractivity contribution >= 4 is 23.4 Å². The van der Waals surface area contributed by atoms with E-state index in [4.69, 9.17) is 0 Å². The zero-order chi connectivity index (χ0) is 22.5. The normalized spacial score (nSPS) is 11.0. The van der Waals surface area contributed by atoms with Crippen LogP contribution in [0, 0.1) is 13.8 Å². The van der Waals surface area contributed by atoms with Gasteiger partial charge < -0.3 is 15.5 Å². The molecule has 3 amide bonds. The van der Waals surface area contributed by atoms with Gasteiger partial charge in [0.05, 0.1) is 13.1 Å². The molecule has 6 nitrogen and oxygen atoms in total. The number of carbonyl (C=O) groups is 3. The van der Waals surface area contributed by atoms with Gasteiger partial charge in [0, 0.05) is 18.3 Å². The summed E-state index contributed by atoms with van der Waals surface area (Å²) in [4.78, 5) is 38.2. The third-order valence-corrected chi connectivity index (χ3v) is 4.89. The van der Waals surface area contributed by atoms with Gasteiger partial charge in [-0.05, 0) is 54.2 Å². The summed E-state index contributed by atoms with van der Waals surface area (Å²) < 4.78 is 0. The third-order valence-electron chi connectivity index (χ3n) is 4.89. The van der Waals surface area contributed by atoms with Crippen LogP contribution >= 0.6 is 0 Å². The van der Waals surface area contributed by atoms with Crippen molar-refractivity contribution in [3.8, 4) is 0 Å². The van der Waals surface area contributed by atoms with Crippen LogP contribution in [0.2, 0.25) is 0 Å². The Hall–Kier alpha value is -3.15. The van der Waals surface area contributed by atoms with Crippen LogP contribution in [0.1, 0.15) is 47.8 Å². The predicted molar refractivity (Wildman–Crippen MR) is 120 cm³/mol. The Morgan fingerprint density at radius 1 is 0.967 bits per heavy atom. The van der Waals surface area contributed by atoms with E-state index in [9.17, 15) is 14.4 Å². The van der Waals surface area contributed by atoms with Crippen molar-refractivity contribution in [2.75, 3.05) is 25.5 Å². The van der Waals surface area contributed by atoms with Crippen LogP contribution < -0.4 is 10.6 Å². The molecule has 30 heavy (non-hydrogen) atoms. The van der Waals surface area contributed by atoms with Gasteiger partial charge in [-0.25, -0.2) is 0 Å². The molecule has 0 saturated heterocycles. The summed E-state index contributed by atoms with van der Waals surface area (Å²) in [5.41, 5.74) is 4.35. The minimum atomic E-state index is -0.342. The fourth-order valence-corrected chi connectivity index (χ4v) is 2.88. The maximum atomic E-state index is 12.3. The molecule has 2 aromatic carbocycles. The average molecular weight is 410 g/mol. The van der Waals surface area contributed by atoms with E-state index in [1.807, 2.05) is 44.2 Å². The van der Waals surface area contributed by atoms with E-state index in [1.165, 1.54) is 11.9 Å². The molecule has 0 fully saturated rings. The molecule has 0 radical (unpaired) electrons. The number of benzene rings is 2. The summed E-state index contributed by atoms with van der Waals surface area (Å²) in [6, 6.07) is 13.1. The first-order valence-corrected chi connectivity index (χ1v) is 9.97. The first kappa shape index (κ1) is 23.1. The second-order valence-corrected chi connectivity index (χ2v) is 8.63. The maximum Gasteiger partial charge on any atom is 0.251 e. The van der Waals surface area contributed by atoms with Gasteiger partial charge in [-0.2, -0.15) is 0 Å². The van der Waals surface area contributed by atoms with Crippen molar-refractivity contribution in [2.24, 2.45) is 0 Å². The van der Waals surface area contributed by atoms with E-state index in [1.54, 1.807) is 12.1 Å². The number of nitrogens with one attached hydrogen (secondary N) is 2. The molecule has 2 rings (SSSR count). The van der Waals surface area contributed by atoms with Crippen molar-refractivity contribution in [3.05, 3.63) is 64.7 Å². The molecule has 0 aliphatic heterocycles. The first-order chi connectivity index (χ1) is 14.0. The summed E-state index contributed by atoms with van der Waals surface area (Å²) in [5.74, 6) is -0.952. The minimum Gasteiger partial charge on any atom is -0.343 e. The van der Waals surface area contributed by atoms with E-state index >= 15 is 0 Å². The molecule has 0 saturated carbocycles. The summed E-state index contributed by atoms with van der Waals surface area (Å²) >= 11 is 0. The quantitative estimate of drug-likeness (QED) is 0.767. The maximum absolute atomic E-state index is 12.3. The Labute approximate surface area is 178 Å². The molecule has 0 unspecified atom stereocenters. The Kier molecular flexibility index (Phi) is 7.38. The third kappa shape index (κ3) is 6.44. The summed E-state index contributed by atoms with van der Waals surface area (Å²) in [6.07, 6.45) is 0. The zero-order valence-electron chi connectivity index (χ0n) is 18.6. The van der Waals surface area contributed by atoms with Crippen LogP contribution in [-0.4, -0.2) is 42.8 Å². The average Bonchev–Trinajstić information content (AvgIpc) is 2.68. The van der Waals surface area contributed by atoms with Crippen molar-refractivity contribution in [1.29, 1.82) is 0 Å². The van der Waals surface area contributed by atoms with E-state index in [-0.39, 0.29) is 36.2 Å². The van der Waals surface area contributed by atoms with E-state index in [0.29, 0.717) is 5.56 Å². The fourth-order valence-electron chi connectivity index (χ4n) is 2.88. The molecular formula is C24H31N3O3. The van der Waals surface area contributed by atoms with E-state index in [0.717, 1.165) is 22.4 Å². The number of likely N-dealkylation sites (N-methyl/N-ethyl adjacent to an activating group) is 1. The lowest BCUT2D eigenvalue weighted by atomic mass is 9.87. The van der Waals surface area contributed by atoms with Gasteiger partial charge in [-0.3, -0.25) is 14.4 Å². The highest BCUT2D eigenvalue weighted by atomic mass is 16.2. The predicted octanol–water partition coefficient (Wildman–Crippen LogP) is 3.43. The Bertz CT molecular complexity index is 928. The molecule has 6 heteroatoms. The highest BCUT2D eigenvalue weighted by molar-refractivity contribution is 5.98. The molecule has 0 spiro atoms. The Morgan fingerprint density at radius 3 is 2.20 bits per heavy atom. The lowest BCUT2D eigenvalue weighted by molar-refractivity contribution is -0.132. The lowest BCUT2D eigenvalue weighted by Crippen LogP contribution is -2.41. The van der Waals surface area contributed by atoms with Gasteiger partial charge in [-0.1, -0.05) is 45.0 Å². The van der Waals surface area contributed by atoms with Gasteiger partial charge >= 0.3 is 0 Å². The zero-order valence-corrected chi connectivity index (χ0v) is 18.6. The van der Waals surface area contributed by atoms with Crippen molar-refractivity contribution in [3.63, 3.8) is 0 Å². The second kappa shape index (κ2) is 9.57. The molecule has 0 aliphatic rings. The van der Waals surface area contributed by atoms with Crippen LogP contribution in [0.5, 0.6) is 0 Å². The molecule has 2 aromatic rings. The van der Waals surface area contributed by atoms with Crippen LogP contribution in [0.4, 0.5) is 5.69 Å². The monoisotopic (exact) mass is 409 g/mol. The number of carbonyl (C=O) groups excluding carboxylic acids is 3. The lowest BCUT2D eigenvalue weighted by Gasteiger charge is -2.19. The SMILES string of the molecule is Cc1ccc(C)c(NC(=O)CN(C)C(=O)CNC(=O)c2ccc(C(C)(C)C)cc2)c1. The van der Waals surface area contributed by atoms with Crippen LogP contribution in [-0.2, 0) is 15.0 Å². The highest BCUT2D eigenvalue weighted by Crippen LogP contribution is 2.22. The highest BCUT2D eigenvalue weighted by Gasteiger charge is 2.17. The van der Waals surface area contributed by atoms with Crippen LogP contribution in [0.3, 0.4) is 0 Å². The molecule has 0 aromatic heterocycles. The van der Waals surface area contributed by atoms with E-state index < -0.39 is 0 Å². The summed E-state index contributed by atoms with van der Waals surface area (Å²) in [7, 11) is 1.54. The molecular weight excluding hydrogens is 378 g/mol. The smallest absolute Gasteiger partial charge is 0.251 e. The number of hydrogen-bond acceptors (Lipinski definition) is 3. The van der Waals surface area contributed by atoms with Crippen LogP contribution in [0.15, 0.2) is 42.5 Å². The molecule has 0 heterocycles. The number of anilines is 1. The number of nitrogens with zero attached hydrogens (tertiary/aromatic N) is 1. The van der Waals surface area contributed by atoms with Gasteiger partial charge in [0.2, 0.25) is 11.8 Å². The van der Waals surface area contributed by atoms with Crippen molar-refractivity contribution in [2.45, 2.75) is 40.0 Å². The molecule has 0 bridgehead atoms. The number of amides is 3. The van der Waals surface area contributed by atoms with Gasteiger partial charge in [0.15, 0.2) is 0 Å². The molecule has 0 aliphatic carbocycles. The number of rotatable bonds is 6. The van der Waals surface area contributed by atoms with E-state index in [2.05, 4.69) is 31.4 Å². The topological polar surface area (TPSA) is 78.5 Å². The van der Waals surface area contributed by atoms with Crippen molar-refractivity contribution in [1.82, 2.24) is 10.2 Å². The standard InChI is InChI=1S/C24H31N3O3/c1-16-7-8-17(2)20(13-16)26-21(28)15-27(6)22(29)14-25-23(30)18-9-11-19(12-10-18)24(3,4)5/h7-13H,14-15H2,1-6H3,(H,25,30)(H,26,28). The molecule has 2 N–H and O–H groups in total. The van der Waals surface area contributed by atoms with Crippen molar-refractivity contribution < 1.29 is 14.4 Å². The minimum absolute atomic E-state index is 0.00520. The summed E-state index contributed by atoms with van der Waals surface area (Å²) in [6.45, 7) is 9.90. The molecule has 160 valence electrons. The largest absolute Gasteiger partial charge is 0.343 e. The summed E-state index contributed by atoms with van der Waals surface area (Å²) in [5, 5.41) is 5.44. The first-order valence-electron chi connectivity index (χ1n) is 9.97. The van der Waals surface area contributed by atoms with Gasteiger partial charge in [-0.15, -0.1) is 0 Å². The van der Waals surface area contributed by atoms with Gasteiger partial charge in [0.1, 0.15) is 0 Å². The van der Waals surface area contributed by atoms with Gasteiger partial charge in [0.25, 0.3) is 5.91 Å². The number of aryl methyl sites for hydroxylation is 2. The Balaban J connectivity index is 1.85. The van der Waals surface area contributed by atoms with Crippen LogP contribution in [0.25, 0.3) is 0 Å². The second-order valence-electron chi connectivity index (χ2n) is 8.63. The Morgan fingerprint density at radius 2 is 1.60 bits per heavy atom.